The van der Waals surface area contributed by atoms with E-state index in [4.69, 9.17) is 17.3 Å². The average molecular weight is 566 g/mol. The van der Waals surface area contributed by atoms with Gasteiger partial charge in [-0.05, 0) is 49.2 Å². The lowest BCUT2D eigenvalue weighted by Crippen LogP contribution is -2.28. The first-order valence-electron chi connectivity index (χ1n) is 11.5. The SMILES string of the molecule is CC(Nc1ncnc(N)c1C#Cc1ccc(F)cn1)c1nc2c(F)ccc(Cl)c2c(=O)n1-c1cc(F)cc(F)c1. The lowest BCUT2D eigenvalue weighted by atomic mass is 10.1. The molecule has 5 rings (SSSR count). The molecule has 200 valence electrons. The van der Waals surface area contributed by atoms with E-state index in [9.17, 15) is 22.4 Å². The Labute approximate surface area is 228 Å². The van der Waals surface area contributed by atoms with Crippen LogP contribution in [0.4, 0.5) is 29.2 Å². The van der Waals surface area contributed by atoms with E-state index in [-0.39, 0.29) is 50.3 Å². The third kappa shape index (κ3) is 5.14. The molecular formula is C27H16ClF4N7O. The summed E-state index contributed by atoms with van der Waals surface area (Å²) in [7, 11) is 0. The van der Waals surface area contributed by atoms with Crippen LogP contribution in [0.3, 0.4) is 0 Å². The fourth-order valence-electron chi connectivity index (χ4n) is 3.92. The molecule has 0 radical (unpaired) electrons. The van der Waals surface area contributed by atoms with Gasteiger partial charge in [-0.15, -0.1) is 0 Å². The highest BCUT2D eigenvalue weighted by Gasteiger charge is 2.23. The highest BCUT2D eigenvalue weighted by molar-refractivity contribution is 6.35. The average Bonchev–Trinajstić information content (AvgIpc) is 2.90. The maximum atomic E-state index is 14.8. The van der Waals surface area contributed by atoms with Crippen molar-refractivity contribution in [2.45, 2.75) is 13.0 Å². The molecule has 8 nitrogen and oxygen atoms in total. The van der Waals surface area contributed by atoms with Crippen LogP contribution >= 0.6 is 11.6 Å². The Hall–Kier alpha value is -5.02. The normalized spacial score (nSPS) is 11.7. The highest BCUT2D eigenvalue weighted by Crippen LogP contribution is 2.28. The molecule has 3 heterocycles. The maximum Gasteiger partial charge on any atom is 0.267 e. The third-order valence-electron chi connectivity index (χ3n) is 5.72. The Morgan fingerprint density at radius 3 is 2.42 bits per heavy atom. The molecule has 0 amide bonds. The first-order chi connectivity index (χ1) is 19.1. The number of nitrogens with one attached hydrogen (secondary N) is 1. The number of nitrogens with two attached hydrogens (primary N) is 1. The van der Waals surface area contributed by atoms with Gasteiger partial charge in [0.1, 0.15) is 63.8 Å². The lowest BCUT2D eigenvalue weighted by molar-refractivity contribution is 0.579. The molecule has 3 aromatic heterocycles. The molecule has 0 saturated heterocycles. The Balaban J connectivity index is 1.66. The van der Waals surface area contributed by atoms with Crippen molar-refractivity contribution in [2.75, 3.05) is 11.1 Å². The zero-order chi connectivity index (χ0) is 28.6. The fourth-order valence-corrected chi connectivity index (χ4v) is 4.15. The molecule has 0 spiro atoms. The molecule has 0 saturated carbocycles. The van der Waals surface area contributed by atoms with Crippen LogP contribution in [0, 0.1) is 35.1 Å². The highest BCUT2D eigenvalue weighted by atomic mass is 35.5. The number of nitrogens with zero attached hydrogens (tertiary/aromatic N) is 5. The van der Waals surface area contributed by atoms with Gasteiger partial charge in [-0.2, -0.15) is 0 Å². The van der Waals surface area contributed by atoms with Crippen molar-refractivity contribution in [3.05, 3.63) is 111 Å². The standard InChI is InChI=1S/C27H16ClF4N7O/c1-13(37-25-19(24(33)35-12-36-25)5-4-17-3-2-14(29)11-34-17)26-38-23-21(32)7-6-20(28)22(23)27(40)39(26)18-9-15(30)8-16(31)10-18/h2-3,6-13H,1H3,(H3,33,35,36,37). The molecule has 2 aromatic carbocycles. The predicted octanol–water partition coefficient (Wildman–Crippen LogP) is 4.94. The van der Waals surface area contributed by atoms with Crippen LogP contribution < -0.4 is 16.6 Å². The largest absolute Gasteiger partial charge is 0.382 e. The van der Waals surface area contributed by atoms with E-state index in [1.807, 2.05) is 0 Å². The summed E-state index contributed by atoms with van der Waals surface area (Å²) in [5.41, 5.74) is 5.01. The summed E-state index contributed by atoms with van der Waals surface area (Å²) in [5.74, 6) is 2.23. The van der Waals surface area contributed by atoms with Gasteiger partial charge in [0.2, 0.25) is 0 Å². The number of nitrogen functional groups attached to an aromatic ring is 1. The lowest BCUT2D eigenvalue weighted by Gasteiger charge is -2.21. The van der Waals surface area contributed by atoms with Crippen molar-refractivity contribution >= 4 is 34.1 Å². The number of benzene rings is 2. The number of pyridine rings is 1. The molecule has 0 bridgehead atoms. The summed E-state index contributed by atoms with van der Waals surface area (Å²) in [6, 6.07) is 6.34. The van der Waals surface area contributed by atoms with Gasteiger partial charge >= 0.3 is 0 Å². The van der Waals surface area contributed by atoms with Gasteiger partial charge in [0, 0.05) is 6.07 Å². The molecule has 13 heteroatoms. The van der Waals surface area contributed by atoms with Crippen LogP contribution in [-0.2, 0) is 0 Å². The molecule has 0 fully saturated rings. The predicted molar refractivity (Wildman–Crippen MR) is 141 cm³/mol. The molecule has 40 heavy (non-hydrogen) atoms. The Morgan fingerprint density at radius 2 is 1.73 bits per heavy atom. The second-order valence-corrected chi connectivity index (χ2v) is 8.86. The van der Waals surface area contributed by atoms with Crippen molar-refractivity contribution in [3.8, 4) is 17.5 Å². The molecule has 0 aliphatic rings. The molecule has 5 aromatic rings. The molecular weight excluding hydrogens is 550 g/mol. The van der Waals surface area contributed by atoms with E-state index in [0.29, 0.717) is 6.07 Å². The number of hydrogen-bond donors (Lipinski definition) is 2. The second kappa shape index (κ2) is 10.6. The van der Waals surface area contributed by atoms with Crippen LogP contribution in [0.2, 0.25) is 5.02 Å². The fraction of sp³-hybridized carbons (Fsp3) is 0.0741. The molecule has 1 atom stereocenters. The van der Waals surface area contributed by atoms with Gasteiger partial charge in [-0.1, -0.05) is 17.5 Å². The van der Waals surface area contributed by atoms with Gasteiger partial charge in [-0.3, -0.25) is 9.36 Å². The van der Waals surface area contributed by atoms with E-state index in [2.05, 4.69) is 37.1 Å². The van der Waals surface area contributed by atoms with Crippen LogP contribution in [0.1, 0.15) is 30.0 Å². The van der Waals surface area contributed by atoms with Gasteiger partial charge in [0.15, 0.2) is 0 Å². The van der Waals surface area contributed by atoms with Crippen molar-refractivity contribution in [3.63, 3.8) is 0 Å². The molecule has 0 aliphatic heterocycles. The monoisotopic (exact) mass is 565 g/mol. The zero-order valence-electron chi connectivity index (χ0n) is 20.4. The number of halogens is 5. The van der Waals surface area contributed by atoms with E-state index < -0.39 is 34.9 Å². The summed E-state index contributed by atoms with van der Waals surface area (Å²) < 4.78 is 57.3. The third-order valence-corrected chi connectivity index (χ3v) is 6.03. The summed E-state index contributed by atoms with van der Waals surface area (Å²) in [5, 5.41) is 2.63. The van der Waals surface area contributed by atoms with Gasteiger partial charge in [-0.25, -0.2) is 37.5 Å². The summed E-state index contributed by atoms with van der Waals surface area (Å²) >= 11 is 6.19. The van der Waals surface area contributed by atoms with E-state index in [0.717, 1.165) is 35.3 Å². The van der Waals surface area contributed by atoms with Crippen LogP contribution in [0.25, 0.3) is 16.6 Å². The minimum Gasteiger partial charge on any atom is -0.382 e. The van der Waals surface area contributed by atoms with Gasteiger partial charge in [0.05, 0.1) is 28.3 Å². The number of aromatic nitrogens is 5. The summed E-state index contributed by atoms with van der Waals surface area (Å²) in [4.78, 5) is 29.9. The quantitative estimate of drug-likeness (QED) is 0.235. The maximum absolute atomic E-state index is 14.8. The van der Waals surface area contributed by atoms with E-state index in [1.165, 1.54) is 18.2 Å². The second-order valence-electron chi connectivity index (χ2n) is 8.45. The van der Waals surface area contributed by atoms with Gasteiger partial charge < -0.3 is 11.1 Å². The first-order valence-corrected chi connectivity index (χ1v) is 11.9. The number of hydrogen-bond acceptors (Lipinski definition) is 7. The van der Waals surface area contributed by atoms with Crippen LogP contribution in [0.15, 0.2) is 59.8 Å². The summed E-state index contributed by atoms with van der Waals surface area (Å²) in [6.07, 6.45) is 2.16. The first kappa shape index (κ1) is 26.6. The topological polar surface area (TPSA) is 112 Å². The molecule has 0 aliphatic carbocycles. The minimum atomic E-state index is -0.950. The van der Waals surface area contributed by atoms with E-state index >= 15 is 0 Å². The molecule has 3 N–H and O–H groups in total. The minimum absolute atomic E-state index is 0.00630. The smallest absolute Gasteiger partial charge is 0.267 e. The van der Waals surface area contributed by atoms with Crippen molar-refractivity contribution in [1.29, 1.82) is 0 Å². The van der Waals surface area contributed by atoms with Crippen LogP contribution in [-0.4, -0.2) is 24.5 Å². The van der Waals surface area contributed by atoms with Crippen molar-refractivity contribution in [2.24, 2.45) is 0 Å². The zero-order valence-corrected chi connectivity index (χ0v) is 21.1. The van der Waals surface area contributed by atoms with Gasteiger partial charge in [0.25, 0.3) is 5.56 Å². The Morgan fingerprint density at radius 1 is 0.975 bits per heavy atom. The Kier molecular flexibility index (Phi) is 7.06. The number of rotatable bonds is 4. The molecule has 1 unspecified atom stereocenters. The number of anilines is 2. The van der Waals surface area contributed by atoms with Crippen LogP contribution in [0.5, 0.6) is 0 Å². The van der Waals surface area contributed by atoms with E-state index in [1.54, 1.807) is 6.92 Å². The van der Waals surface area contributed by atoms with Crippen molar-refractivity contribution < 1.29 is 17.6 Å². The summed E-state index contributed by atoms with van der Waals surface area (Å²) in [6.45, 7) is 1.55. The van der Waals surface area contributed by atoms with Crippen molar-refractivity contribution in [1.82, 2.24) is 24.5 Å². The Bertz CT molecular complexity index is 1880. The number of fused-ring (bicyclic) bond motifs is 1.